The molecule has 0 fully saturated rings. The fraction of sp³-hybridized carbons (Fsp3) is 0.400. The summed E-state index contributed by atoms with van der Waals surface area (Å²) in [4.78, 5) is 5.68. The van der Waals surface area contributed by atoms with Gasteiger partial charge in [0.05, 0.1) is 30.9 Å². The number of aliphatic hydroxyl groups excluding tert-OH is 1. The maximum atomic E-state index is 10.0. The smallest absolute Gasteiger partial charge is 0.124 e. The zero-order valence-electron chi connectivity index (χ0n) is 11.5. The number of rotatable bonds is 3. The molecule has 1 aromatic heterocycles. The molecule has 1 aliphatic rings. The van der Waals surface area contributed by atoms with Crippen molar-refractivity contribution in [3.05, 3.63) is 28.8 Å². The van der Waals surface area contributed by atoms with E-state index >= 15 is 0 Å². The minimum atomic E-state index is -0.363. The summed E-state index contributed by atoms with van der Waals surface area (Å²) < 4.78 is 10.6. The standard InChI is InChI=1S/C15H17NO3S/c1-18-10-6-9(7-11(8-10)19-2)15-16-12-4-3-5-13(17)14(12)20-15/h6-8,13,17H,3-5H2,1-2H3. The number of ether oxygens (including phenoxy) is 2. The van der Waals surface area contributed by atoms with Crippen LogP contribution in [0, 0.1) is 0 Å². The number of hydrogen-bond acceptors (Lipinski definition) is 5. The van der Waals surface area contributed by atoms with Crippen molar-refractivity contribution in [1.82, 2.24) is 4.98 Å². The molecule has 4 nitrogen and oxygen atoms in total. The van der Waals surface area contributed by atoms with E-state index in [2.05, 4.69) is 4.98 Å². The zero-order valence-corrected chi connectivity index (χ0v) is 12.4. The van der Waals surface area contributed by atoms with Crippen molar-refractivity contribution in [1.29, 1.82) is 0 Å². The zero-order chi connectivity index (χ0) is 14.1. The highest BCUT2D eigenvalue weighted by Gasteiger charge is 2.23. The third-order valence-corrected chi connectivity index (χ3v) is 4.77. The van der Waals surface area contributed by atoms with E-state index in [0.29, 0.717) is 0 Å². The maximum Gasteiger partial charge on any atom is 0.124 e. The van der Waals surface area contributed by atoms with Crippen molar-refractivity contribution in [3.63, 3.8) is 0 Å². The Kier molecular flexibility index (Phi) is 3.63. The van der Waals surface area contributed by atoms with E-state index in [1.165, 1.54) is 0 Å². The van der Waals surface area contributed by atoms with Gasteiger partial charge in [0, 0.05) is 11.6 Å². The molecule has 106 valence electrons. The molecule has 20 heavy (non-hydrogen) atoms. The van der Waals surface area contributed by atoms with Gasteiger partial charge < -0.3 is 14.6 Å². The lowest BCUT2D eigenvalue weighted by molar-refractivity contribution is 0.160. The Morgan fingerprint density at radius 2 is 1.90 bits per heavy atom. The van der Waals surface area contributed by atoms with E-state index in [9.17, 15) is 5.11 Å². The van der Waals surface area contributed by atoms with E-state index in [1.807, 2.05) is 18.2 Å². The Morgan fingerprint density at radius 3 is 2.50 bits per heavy atom. The van der Waals surface area contributed by atoms with Gasteiger partial charge in [-0.05, 0) is 31.4 Å². The molecule has 1 heterocycles. The van der Waals surface area contributed by atoms with E-state index in [0.717, 1.165) is 51.9 Å². The lowest BCUT2D eigenvalue weighted by Crippen LogP contribution is -2.06. The van der Waals surface area contributed by atoms with Gasteiger partial charge in [0.1, 0.15) is 16.5 Å². The van der Waals surface area contributed by atoms with Gasteiger partial charge in [-0.25, -0.2) is 4.98 Å². The highest BCUT2D eigenvalue weighted by atomic mass is 32.1. The molecule has 0 radical (unpaired) electrons. The second kappa shape index (κ2) is 5.42. The molecule has 3 rings (SSSR count). The van der Waals surface area contributed by atoms with Gasteiger partial charge in [-0.1, -0.05) is 0 Å². The maximum absolute atomic E-state index is 10.0. The normalized spacial score (nSPS) is 17.6. The molecule has 2 aromatic rings. The number of nitrogens with zero attached hydrogens (tertiary/aromatic N) is 1. The van der Waals surface area contributed by atoms with Gasteiger partial charge in [-0.15, -0.1) is 11.3 Å². The first-order chi connectivity index (χ1) is 9.71. The minimum absolute atomic E-state index is 0.363. The Bertz CT molecular complexity index is 601. The monoisotopic (exact) mass is 291 g/mol. The summed E-state index contributed by atoms with van der Waals surface area (Å²) in [6, 6.07) is 5.73. The average Bonchev–Trinajstić information content (AvgIpc) is 2.92. The Morgan fingerprint density at radius 1 is 1.20 bits per heavy atom. The van der Waals surface area contributed by atoms with Crippen molar-refractivity contribution in [3.8, 4) is 22.1 Å². The summed E-state index contributed by atoms with van der Waals surface area (Å²) in [5.74, 6) is 1.49. The Balaban J connectivity index is 2.04. The summed E-state index contributed by atoms with van der Waals surface area (Å²) in [6.45, 7) is 0. The van der Waals surface area contributed by atoms with Crippen LogP contribution in [0.1, 0.15) is 29.5 Å². The summed E-state index contributed by atoms with van der Waals surface area (Å²) in [5.41, 5.74) is 2.00. The number of benzene rings is 1. The van der Waals surface area contributed by atoms with Crippen LogP contribution in [0.5, 0.6) is 11.5 Å². The highest BCUT2D eigenvalue weighted by Crippen LogP contribution is 2.39. The van der Waals surface area contributed by atoms with Crippen molar-refractivity contribution in [2.45, 2.75) is 25.4 Å². The van der Waals surface area contributed by atoms with Crippen LogP contribution in [-0.2, 0) is 6.42 Å². The molecule has 1 atom stereocenters. The van der Waals surface area contributed by atoms with Crippen LogP contribution in [-0.4, -0.2) is 24.3 Å². The van der Waals surface area contributed by atoms with Crippen LogP contribution >= 0.6 is 11.3 Å². The Labute approximate surface area is 122 Å². The van der Waals surface area contributed by atoms with Crippen LogP contribution < -0.4 is 9.47 Å². The van der Waals surface area contributed by atoms with Gasteiger partial charge in [-0.3, -0.25) is 0 Å². The molecule has 0 bridgehead atoms. The first kappa shape index (κ1) is 13.4. The third-order valence-electron chi connectivity index (χ3n) is 3.52. The van der Waals surface area contributed by atoms with Crippen LogP contribution in [0.2, 0.25) is 0 Å². The van der Waals surface area contributed by atoms with Crippen molar-refractivity contribution < 1.29 is 14.6 Å². The largest absolute Gasteiger partial charge is 0.497 e. The second-order valence-electron chi connectivity index (χ2n) is 4.84. The quantitative estimate of drug-likeness (QED) is 0.943. The summed E-state index contributed by atoms with van der Waals surface area (Å²) >= 11 is 1.56. The molecule has 0 saturated carbocycles. The van der Waals surface area contributed by atoms with Crippen LogP contribution in [0.25, 0.3) is 10.6 Å². The molecule has 0 spiro atoms. The van der Waals surface area contributed by atoms with Gasteiger partial charge in [-0.2, -0.15) is 0 Å². The van der Waals surface area contributed by atoms with E-state index in [1.54, 1.807) is 25.6 Å². The van der Waals surface area contributed by atoms with E-state index in [-0.39, 0.29) is 6.10 Å². The predicted octanol–water partition coefficient (Wildman–Crippen LogP) is 3.20. The highest BCUT2D eigenvalue weighted by molar-refractivity contribution is 7.15. The molecule has 0 saturated heterocycles. The van der Waals surface area contributed by atoms with E-state index < -0.39 is 0 Å². The summed E-state index contributed by atoms with van der Waals surface area (Å²) in [7, 11) is 3.27. The average molecular weight is 291 g/mol. The number of fused-ring (bicyclic) bond motifs is 1. The van der Waals surface area contributed by atoms with Gasteiger partial charge in [0.2, 0.25) is 0 Å². The lowest BCUT2D eigenvalue weighted by atomic mass is 10.0. The predicted molar refractivity (Wildman–Crippen MR) is 78.6 cm³/mol. The SMILES string of the molecule is COc1cc(OC)cc(-c2nc3c(s2)C(O)CCC3)c1. The first-order valence-electron chi connectivity index (χ1n) is 6.62. The number of aliphatic hydroxyl groups is 1. The van der Waals surface area contributed by atoms with Crippen LogP contribution in [0.4, 0.5) is 0 Å². The van der Waals surface area contributed by atoms with Gasteiger partial charge in [0.25, 0.3) is 0 Å². The van der Waals surface area contributed by atoms with Crippen molar-refractivity contribution in [2.75, 3.05) is 14.2 Å². The van der Waals surface area contributed by atoms with Crippen molar-refractivity contribution in [2.24, 2.45) is 0 Å². The molecule has 1 aromatic carbocycles. The molecule has 0 amide bonds. The molecule has 5 heteroatoms. The lowest BCUT2D eigenvalue weighted by Gasteiger charge is -2.14. The number of aryl methyl sites for hydroxylation is 1. The molecule has 1 unspecified atom stereocenters. The number of thiazole rings is 1. The minimum Gasteiger partial charge on any atom is -0.497 e. The number of methoxy groups -OCH3 is 2. The van der Waals surface area contributed by atoms with Gasteiger partial charge >= 0.3 is 0 Å². The number of hydrogen-bond donors (Lipinski definition) is 1. The second-order valence-corrected chi connectivity index (χ2v) is 5.87. The molecule has 0 aliphatic heterocycles. The topological polar surface area (TPSA) is 51.6 Å². The number of aromatic nitrogens is 1. The molecule has 1 aliphatic carbocycles. The van der Waals surface area contributed by atoms with Crippen molar-refractivity contribution >= 4 is 11.3 Å². The summed E-state index contributed by atoms with van der Waals surface area (Å²) in [6.07, 6.45) is 2.41. The van der Waals surface area contributed by atoms with Crippen LogP contribution in [0.3, 0.4) is 0 Å². The Hall–Kier alpha value is -1.59. The first-order valence-corrected chi connectivity index (χ1v) is 7.44. The molecule has 1 N–H and O–H groups in total. The molecular formula is C15H17NO3S. The van der Waals surface area contributed by atoms with Gasteiger partial charge in [0.15, 0.2) is 0 Å². The van der Waals surface area contributed by atoms with E-state index in [4.69, 9.17) is 9.47 Å². The third kappa shape index (κ3) is 2.39. The fourth-order valence-electron chi connectivity index (χ4n) is 2.45. The van der Waals surface area contributed by atoms with Crippen LogP contribution in [0.15, 0.2) is 18.2 Å². The summed E-state index contributed by atoms with van der Waals surface area (Å²) in [5, 5.41) is 11.0. The molecular weight excluding hydrogens is 274 g/mol. The fourth-order valence-corrected chi connectivity index (χ4v) is 3.57.